The van der Waals surface area contributed by atoms with E-state index < -0.39 is 29.5 Å². The summed E-state index contributed by atoms with van der Waals surface area (Å²) >= 11 is 0. The Morgan fingerprint density at radius 3 is 2.28 bits per heavy atom. The molecular weight excluding hydrogens is 390 g/mol. The van der Waals surface area contributed by atoms with Crippen LogP contribution in [0.4, 0.5) is 17.6 Å². The molecule has 0 aromatic heterocycles. The molecule has 0 aliphatic carbocycles. The highest BCUT2D eigenvalue weighted by Gasteiger charge is 2.67. The van der Waals surface area contributed by atoms with E-state index in [1.54, 1.807) is 30.4 Å². The van der Waals surface area contributed by atoms with Gasteiger partial charge in [-0.05, 0) is 30.7 Å². The van der Waals surface area contributed by atoms with Gasteiger partial charge in [0, 0.05) is 17.7 Å². The molecule has 5 nitrogen and oxygen atoms in total. The van der Waals surface area contributed by atoms with E-state index in [1.807, 2.05) is 0 Å². The fraction of sp³-hybridized carbons (Fsp3) is 0.250. The Morgan fingerprint density at radius 1 is 1.10 bits per heavy atom. The van der Waals surface area contributed by atoms with Crippen LogP contribution in [0.5, 0.6) is 0 Å². The Hall–Kier alpha value is -3.23. The second kappa shape index (κ2) is 7.65. The molecule has 9 heteroatoms. The van der Waals surface area contributed by atoms with Crippen LogP contribution in [-0.4, -0.2) is 40.9 Å². The van der Waals surface area contributed by atoms with Crippen molar-refractivity contribution in [3.63, 3.8) is 0 Å². The molecule has 1 aliphatic rings. The molecule has 152 valence electrons. The third-order valence-corrected chi connectivity index (χ3v) is 4.37. The molecule has 0 bridgehead atoms. The van der Waals surface area contributed by atoms with E-state index >= 15 is 0 Å². The second-order valence-corrected chi connectivity index (χ2v) is 6.43. The number of amidine groups is 1. The third-order valence-electron chi connectivity index (χ3n) is 4.37. The summed E-state index contributed by atoms with van der Waals surface area (Å²) in [5.74, 6) is -3.40. The lowest BCUT2D eigenvalue weighted by Crippen LogP contribution is -2.63. The van der Waals surface area contributed by atoms with Crippen molar-refractivity contribution >= 4 is 17.6 Å². The van der Waals surface area contributed by atoms with Crippen LogP contribution in [-0.2, 0) is 4.79 Å². The largest absolute Gasteiger partial charge is 0.442 e. The number of amides is 2. The number of hydrogen-bond acceptors (Lipinski definition) is 3. The molecule has 3 rings (SSSR count). The first-order valence-electron chi connectivity index (χ1n) is 8.81. The Labute approximate surface area is 164 Å². The first-order valence-corrected chi connectivity index (χ1v) is 8.81. The molecule has 1 aliphatic heterocycles. The molecule has 1 heterocycles. The minimum absolute atomic E-state index is 0.00317. The van der Waals surface area contributed by atoms with Crippen molar-refractivity contribution in [1.29, 1.82) is 0 Å². The number of aliphatic imine (C=N–C) groups is 1. The van der Waals surface area contributed by atoms with Crippen molar-refractivity contribution in [2.24, 2.45) is 4.99 Å². The van der Waals surface area contributed by atoms with Gasteiger partial charge in [0.2, 0.25) is 0 Å². The molecule has 0 spiro atoms. The number of hydrogen-bond donors (Lipinski definition) is 1. The maximum Gasteiger partial charge on any atom is 0.442 e. The lowest BCUT2D eigenvalue weighted by Gasteiger charge is -2.29. The number of nitrogens with zero attached hydrogens (tertiary/aromatic N) is 2. The molecule has 2 aromatic rings. The summed E-state index contributed by atoms with van der Waals surface area (Å²) in [6.45, 7) is 1.71. The molecule has 1 atom stereocenters. The van der Waals surface area contributed by atoms with E-state index in [0.717, 1.165) is 29.2 Å². The molecule has 0 saturated carbocycles. The summed E-state index contributed by atoms with van der Waals surface area (Å²) in [4.78, 5) is 29.9. The van der Waals surface area contributed by atoms with Gasteiger partial charge >= 0.3 is 11.8 Å². The topological polar surface area (TPSA) is 61.8 Å². The quantitative estimate of drug-likeness (QED) is 0.771. The molecule has 0 saturated heterocycles. The Balaban J connectivity index is 2.08. The van der Waals surface area contributed by atoms with Gasteiger partial charge in [-0.2, -0.15) is 13.2 Å². The van der Waals surface area contributed by atoms with Crippen LogP contribution in [0.25, 0.3) is 0 Å². The zero-order valence-corrected chi connectivity index (χ0v) is 15.3. The van der Waals surface area contributed by atoms with Gasteiger partial charge in [-0.15, -0.1) is 0 Å². The third kappa shape index (κ3) is 3.72. The van der Waals surface area contributed by atoms with Crippen LogP contribution in [0.3, 0.4) is 0 Å². The number of alkyl halides is 3. The zero-order valence-electron chi connectivity index (χ0n) is 15.3. The predicted molar refractivity (Wildman–Crippen MR) is 97.6 cm³/mol. The zero-order chi connectivity index (χ0) is 21.2. The van der Waals surface area contributed by atoms with Crippen molar-refractivity contribution < 1.29 is 27.2 Å². The summed E-state index contributed by atoms with van der Waals surface area (Å²) in [6.07, 6.45) is -4.81. The van der Waals surface area contributed by atoms with Crippen molar-refractivity contribution in [3.8, 4) is 0 Å². The van der Waals surface area contributed by atoms with E-state index in [9.17, 15) is 27.2 Å². The van der Waals surface area contributed by atoms with E-state index in [2.05, 4.69) is 4.99 Å². The number of carbonyl (C=O) groups excluding carboxylic acids is 2. The van der Waals surface area contributed by atoms with E-state index in [-0.39, 0.29) is 17.9 Å². The van der Waals surface area contributed by atoms with Gasteiger partial charge in [0.25, 0.3) is 11.8 Å². The highest BCUT2D eigenvalue weighted by molar-refractivity contribution is 6.16. The second-order valence-electron chi connectivity index (χ2n) is 6.43. The number of halogens is 4. The monoisotopic (exact) mass is 407 g/mol. The van der Waals surface area contributed by atoms with Crippen molar-refractivity contribution in [2.75, 3.05) is 6.54 Å². The molecule has 0 unspecified atom stereocenters. The average molecular weight is 407 g/mol. The molecule has 2 aromatic carbocycles. The Morgan fingerprint density at radius 2 is 1.72 bits per heavy atom. The van der Waals surface area contributed by atoms with Crippen molar-refractivity contribution in [1.82, 2.24) is 10.2 Å². The number of rotatable bonds is 5. The molecule has 0 radical (unpaired) electrons. The smallest absolute Gasteiger partial charge is 0.312 e. The molecular formula is C20H17F4N3O2. The van der Waals surface area contributed by atoms with Crippen molar-refractivity contribution in [2.45, 2.75) is 25.2 Å². The predicted octanol–water partition coefficient (Wildman–Crippen LogP) is 3.51. The summed E-state index contributed by atoms with van der Waals surface area (Å²) in [5, 5.41) is 1.74. The average Bonchev–Trinajstić information content (AvgIpc) is 2.96. The lowest BCUT2D eigenvalue weighted by atomic mass is 10.1. The maximum absolute atomic E-state index is 14.1. The minimum atomic E-state index is -5.19. The van der Waals surface area contributed by atoms with Gasteiger partial charge in [-0.25, -0.2) is 9.38 Å². The first kappa shape index (κ1) is 20.5. The Kier molecular flexibility index (Phi) is 5.41. The Bertz CT molecular complexity index is 942. The van der Waals surface area contributed by atoms with Crippen LogP contribution in [0, 0.1) is 5.82 Å². The minimum Gasteiger partial charge on any atom is -0.312 e. The van der Waals surface area contributed by atoms with Gasteiger partial charge in [0.1, 0.15) is 11.7 Å². The van der Waals surface area contributed by atoms with E-state index in [1.165, 1.54) is 12.1 Å². The van der Waals surface area contributed by atoms with Gasteiger partial charge in [0.15, 0.2) is 0 Å². The molecule has 0 fully saturated rings. The summed E-state index contributed by atoms with van der Waals surface area (Å²) in [5.41, 5.74) is -3.37. The van der Waals surface area contributed by atoms with E-state index in [0.29, 0.717) is 12.0 Å². The summed E-state index contributed by atoms with van der Waals surface area (Å²) in [6, 6.07) is 11.9. The highest BCUT2D eigenvalue weighted by Crippen LogP contribution is 2.38. The number of carbonyl (C=O) groups is 2. The normalized spacial score (nSPS) is 19.3. The van der Waals surface area contributed by atoms with Gasteiger partial charge in [-0.3, -0.25) is 14.5 Å². The number of benzene rings is 2. The van der Waals surface area contributed by atoms with Crippen LogP contribution >= 0.6 is 0 Å². The molecule has 2 amide bonds. The molecule has 1 N–H and O–H groups in total. The maximum atomic E-state index is 14.1. The SMILES string of the molecule is CCCN1C(=O)[C@@](NC(=O)c2ccc(F)cc2)(C(F)(F)F)N=C1c1ccccc1. The van der Waals surface area contributed by atoms with Crippen LogP contribution in [0.15, 0.2) is 59.6 Å². The van der Waals surface area contributed by atoms with Crippen molar-refractivity contribution in [3.05, 3.63) is 71.5 Å². The van der Waals surface area contributed by atoms with Gasteiger partial charge in [0.05, 0.1) is 0 Å². The van der Waals surface area contributed by atoms with Crippen LogP contribution < -0.4 is 5.32 Å². The first-order chi connectivity index (χ1) is 13.7. The highest BCUT2D eigenvalue weighted by atomic mass is 19.4. The fourth-order valence-electron chi connectivity index (χ4n) is 2.97. The summed E-state index contributed by atoms with van der Waals surface area (Å²) in [7, 11) is 0. The van der Waals surface area contributed by atoms with E-state index in [4.69, 9.17) is 0 Å². The van der Waals surface area contributed by atoms with Crippen LogP contribution in [0.1, 0.15) is 29.3 Å². The van der Waals surface area contributed by atoms with Crippen LogP contribution in [0.2, 0.25) is 0 Å². The summed E-state index contributed by atoms with van der Waals surface area (Å²) < 4.78 is 55.3. The fourth-order valence-corrected chi connectivity index (χ4v) is 2.97. The standard InChI is InChI=1S/C20H17F4N3O2/c1-2-12-27-16(13-6-4-3-5-7-13)25-19(18(27)29,20(22,23)24)26-17(28)14-8-10-15(21)11-9-14/h3-11H,2,12H2,1H3,(H,26,28)/t19-/m1/s1. The van der Waals surface area contributed by atoms with Gasteiger partial charge in [-0.1, -0.05) is 37.3 Å². The lowest BCUT2D eigenvalue weighted by molar-refractivity contribution is -0.196. The molecule has 29 heavy (non-hydrogen) atoms. The number of nitrogens with one attached hydrogen (secondary N) is 1. The van der Waals surface area contributed by atoms with Gasteiger partial charge < -0.3 is 5.32 Å².